The highest BCUT2D eigenvalue weighted by Crippen LogP contribution is 2.37. The summed E-state index contributed by atoms with van der Waals surface area (Å²) in [5.41, 5.74) is 1.09. The smallest absolute Gasteiger partial charge is 0.171 e. The van der Waals surface area contributed by atoms with Crippen molar-refractivity contribution >= 4 is 27.4 Å². The molecule has 4 nitrogen and oxygen atoms in total. The van der Waals surface area contributed by atoms with Gasteiger partial charge in [0.05, 0.1) is 16.7 Å². The van der Waals surface area contributed by atoms with Crippen LogP contribution in [0.1, 0.15) is 24.4 Å². The van der Waals surface area contributed by atoms with Crippen LogP contribution in [-0.2, 0) is 0 Å². The first-order valence-corrected chi connectivity index (χ1v) is 8.14. The summed E-state index contributed by atoms with van der Waals surface area (Å²) in [7, 11) is 0. The Bertz CT molecular complexity index is 880. The Hall–Kier alpha value is -2.02. The maximum absolute atomic E-state index is 14.1. The van der Waals surface area contributed by atoms with Gasteiger partial charge in [0.1, 0.15) is 17.5 Å². The summed E-state index contributed by atoms with van der Waals surface area (Å²) < 4.78 is 30.1. The first-order chi connectivity index (χ1) is 11.1. The first kappa shape index (κ1) is 14.6. The molecule has 1 fully saturated rings. The molecule has 0 radical (unpaired) electrons. The zero-order valence-corrected chi connectivity index (χ0v) is 13.7. The number of aromatic nitrogens is 3. The monoisotopic (exact) mass is 378 g/mol. The third-order valence-corrected chi connectivity index (χ3v) is 4.73. The summed E-state index contributed by atoms with van der Waals surface area (Å²) in [6.45, 7) is 0.759. The van der Waals surface area contributed by atoms with E-state index in [2.05, 4.69) is 26.0 Å². The quantitative estimate of drug-likeness (QED) is 0.672. The molecule has 2 aromatic heterocycles. The van der Waals surface area contributed by atoms with Crippen LogP contribution in [-0.4, -0.2) is 21.1 Å². The summed E-state index contributed by atoms with van der Waals surface area (Å²) >= 11 is 3.42. The predicted octanol–water partition coefficient (Wildman–Crippen LogP) is 4.11. The molecule has 0 saturated carbocycles. The van der Waals surface area contributed by atoms with E-state index in [4.69, 9.17) is 0 Å². The number of rotatable bonds is 2. The third kappa shape index (κ3) is 2.49. The molecule has 1 aliphatic heterocycles. The zero-order chi connectivity index (χ0) is 16.0. The molecule has 0 spiro atoms. The Balaban J connectivity index is 1.76. The van der Waals surface area contributed by atoms with Gasteiger partial charge in [0, 0.05) is 18.3 Å². The topological polar surface area (TPSA) is 33.4 Å². The molecule has 1 aliphatic rings. The van der Waals surface area contributed by atoms with Crippen molar-refractivity contribution in [3.8, 4) is 0 Å². The minimum atomic E-state index is -0.421. The lowest BCUT2D eigenvalue weighted by Crippen LogP contribution is -2.24. The normalized spacial score (nSPS) is 18.0. The number of anilines is 1. The third-order valence-electron chi connectivity index (χ3n) is 4.18. The standard InChI is InChI=1S/C16H13BrF2N4/c17-12-9-20-23-7-5-15(21-16(12)23)22-6-1-2-14(22)11-8-10(18)3-4-13(11)19/h3-5,7-9,14H,1-2,6H2/t14-/m1/s1. The maximum atomic E-state index is 14.1. The number of nitrogens with zero attached hydrogens (tertiary/aromatic N) is 4. The van der Waals surface area contributed by atoms with Crippen LogP contribution >= 0.6 is 15.9 Å². The van der Waals surface area contributed by atoms with Gasteiger partial charge in [-0.25, -0.2) is 18.3 Å². The van der Waals surface area contributed by atoms with Gasteiger partial charge >= 0.3 is 0 Å². The number of halogens is 3. The second kappa shape index (κ2) is 5.56. The zero-order valence-electron chi connectivity index (χ0n) is 12.1. The van der Waals surface area contributed by atoms with Crippen molar-refractivity contribution in [3.05, 3.63) is 58.3 Å². The fourth-order valence-electron chi connectivity index (χ4n) is 3.13. The first-order valence-electron chi connectivity index (χ1n) is 7.35. The van der Waals surface area contributed by atoms with Crippen LogP contribution in [0.25, 0.3) is 5.65 Å². The highest BCUT2D eigenvalue weighted by molar-refractivity contribution is 9.10. The molecule has 3 aromatic rings. The highest BCUT2D eigenvalue weighted by Gasteiger charge is 2.29. The van der Waals surface area contributed by atoms with Gasteiger partial charge in [0.15, 0.2) is 5.65 Å². The van der Waals surface area contributed by atoms with E-state index < -0.39 is 5.82 Å². The summed E-state index contributed by atoms with van der Waals surface area (Å²) in [5, 5.41) is 4.17. The summed E-state index contributed by atoms with van der Waals surface area (Å²) in [4.78, 5) is 6.63. The van der Waals surface area contributed by atoms with Crippen LogP contribution in [0.5, 0.6) is 0 Å². The second-order valence-corrected chi connectivity index (χ2v) is 6.42. The minimum absolute atomic E-state index is 0.206. The van der Waals surface area contributed by atoms with Crippen molar-refractivity contribution in [1.82, 2.24) is 14.6 Å². The largest absolute Gasteiger partial charge is 0.349 e. The van der Waals surface area contributed by atoms with Gasteiger partial charge in [-0.05, 0) is 53.0 Å². The number of benzene rings is 1. The van der Waals surface area contributed by atoms with E-state index in [9.17, 15) is 8.78 Å². The Labute approximate surface area is 139 Å². The highest BCUT2D eigenvalue weighted by atomic mass is 79.9. The Morgan fingerprint density at radius 1 is 1.22 bits per heavy atom. The molecule has 0 bridgehead atoms. The van der Waals surface area contributed by atoms with Crippen LogP contribution in [0.15, 0.2) is 41.1 Å². The van der Waals surface area contributed by atoms with Crippen LogP contribution in [0, 0.1) is 11.6 Å². The molecule has 0 unspecified atom stereocenters. The lowest BCUT2D eigenvalue weighted by atomic mass is 10.0. The fourth-order valence-corrected chi connectivity index (χ4v) is 3.49. The van der Waals surface area contributed by atoms with E-state index in [1.807, 2.05) is 17.2 Å². The molecule has 7 heteroatoms. The van der Waals surface area contributed by atoms with E-state index in [1.54, 1.807) is 10.7 Å². The van der Waals surface area contributed by atoms with E-state index in [1.165, 1.54) is 12.1 Å². The lowest BCUT2D eigenvalue weighted by molar-refractivity contribution is 0.560. The van der Waals surface area contributed by atoms with Crippen LogP contribution in [0.4, 0.5) is 14.6 Å². The number of hydrogen-bond acceptors (Lipinski definition) is 3. The minimum Gasteiger partial charge on any atom is -0.349 e. The average molecular weight is 379 g/mol. The predicted molar refractivity (Wildman–Crippen MR) is 86.4 cm³/mol. The molecule has 118 valence electrons. The molecule has 1 atom stereocenters. The van der Waals surface area contributed by atoms with E-state index in [-0.39, 0.29) is 11.9 Å². The van der Waals surface area contributed by atoms with Gasteiger partial charge in [-0.3, -0.25) is 0 Å². The van der Waals surface area contributed by atoms with Gasteiger partial charge < -0.3 is 4.90 Å². The van der Waals surface area contributed by atoms with Crippen LogP contribution in [0.2, 0.25) is 0 Å². The van der Waals surface area contributed by atoms with E-state index in [0.29, 0.717) is 11.2 Å². The number of fused-ring (bicyclic) bond motifs is 1. The molecular weight excluding hydrogens is 366 g/mol. The second-order valence-electron chi connectivity index (χ2n) is 5.56. The molecule has 1 saturated heterocycles. The summed E-state index contributed by atoms with van der Waals surface area (Å²) in [6.07, 6.45) is 5.18. The molecule has 0 aliphatic carbocycles. The van der Waals surface area contributed by atoms with Crippen LogP contribution < -0.4 is 4.90 Å². The molecule has 0 N–H and O–H groups in total. The number of hydrogen-bond donors (Lipinski definition) is 0. The van der Waals surface area contributed by atoms with Crippen molar-refractivity contribution in [2.75, 3.05) is 11.4 Å². The van der Waals surface area contributed by atoms with Crippen molar-refractivity contribution < 1.29 is 8.78 Å². The average Bonchev–Trinajstić information content (AvgIpc) is 3.17. The SMILES string of the molecule is Fc1ccc(F)c([C@H]2CCCN2c2ccn3ncc(Br)c3n2)c1. The van der Waals surface area contributed by atoms with E-state index in [0.717, 1.165) is 35.7 Å². The molecule has 23 heavy (non-hydrogen) atoms. The maximum Gasteiger partial charge on any atom is 0.171 e. The van der Waals surface area contributed by atoms with Gasteiger partial charge in [0.25, 0.3) is 0 Å². The molecule has 0 amide bonds. The van der Waals surface area contributed by atoms with Gasteiger partial charge in [0.2, 0.25) is 0 Å². The fraction of sp³-hybridized carbons (Fsp3) is 0.250. The van der Waals surface area contributed by atoms with Crippen LogP contribution in [0.3, 0.4) is 0 Å². The Morgan fingerprint density at radius 2 is 2.09 bits per heavy atom. The van der Waals surface area contributed by atoms with E-state index >= 15 is 0 Å². The summed E-state index contributed by atoms with van der Waals surface area (Å²) in [5.74, 6) is -0.0602. The van der Waals surface area contributed by atoms with Crippen molar-refractivity contribution in [3.63, 3.8) is 0 Å². The molecule has 1 aromatic carbocycles. The van der Waals surface area contributed by atoms with Gasteiger partial charge in [-0.15, -0.1) is 0 Å². The van der Waals surface area contributed by atoms with Crippen molar-refractivity contribution in [2.24, 2.45) is 0 Å². The summed E-state index contributed by atoms with van der Waals surface area (Å²) in [6, 6.07) is 5.26. The van der Waals surface area contributed by atoms with Gasteiger partial charge in [-0.1, -0.05) is 0 Å². The Kier molecular flexibility index (Phi) is 3.52. The molecule has 4 rings (SSSR count). The van der Waals surface area contributed by atoms with Crippen molar-refractivity contribution in [2.45, 2.75) is 18.9 Å². The molecular formula is C16H13BrF2N4. The van der Waals surface area contributed by atoms with Crippen molar-refractivity contribution in [1.29, 1.82) is 0 Å². The molecule has 3 heterocycles. The lowest BCUT2D eigenvalue weighted by Gasteiger charge is -2.26. The van der Waals surface area contributed by atoms with Gasteiger partial charge in [-0.2, -0.15) is 5.10 Å². The Morgan fingerprint density at radius 3 is 2.96 bits per heavy atom.